The number of aromatic nitrogens is 2. The van der Waals surface area contributed by atoms with Crippen molar-refractivity contribution in [1.29, 1.82) is 5.26 Å². The number of benzene rings is 2. The molecule has 0 bridgehead atoms. The lowest BCUT2D eigenvalue weighted by molar-refractivity contribution is -0.116. The number of amides is 1. The highest BCUT2D eigenvalue weighted by Crippen LogP contribution is 2.25. The summed E-state index contributed by atoms with van der Waals surface area (Å²) in [5.41, 5.74) is 4.82. The third-order valence-electron chi connectivity index (χ3n) is 5.68. The van der Waals surface area contributed by atoms with E-state index in [1.807, 2.05) is 26.0 Å². The summed E-state index contributed by atoms with van der Waals surface area (Å²) in [4.78, 5) is 23.6. The van der Waals surface area contributed by atoms with Gasteiger partial charge in [-0.1, -0.05) is 32.0 Å². The molecule has 1 aromatic heterocycles. The number of nitriles is 1. The molecule has 1 fully saturated rings. The average Bonchev–Trinajstić information content (AvgIpc) is 2.85. The van der Waals surface area contributed by atoms with E-state index in [9.17, 15) is 10.1 Å². The lowest BCUT2D eigenvalue weighted by Crippen LogP contribution is -2.36. The highest BCUT2D eigenvalue weighted by molar-refractivity contribution is 5.92. The number of anilines is 2. The van der Waals surface area contributed by atoms with Crippen molar-refractivity contribution < 1.29 is 9.53 Å². The number of ether oxygens (including phenoxy) is 1. The molecule has 7 heteroatoms. The van der Waals surface area contributed by atoms with E-state index in [-0.39, 0.29) is 11.8 Å². The van der Waals surface area contributed by atoms with Crippen LogP contribution in [0.15, 0.2) is 54.7 Å². The normalized spacial score (nSPS) is 13.5. The topological polar surface area (TPSA) is 91.1 Å². The molecule has 0 spiro atoms. The monoisotopic (exact) mass is 455 g/mol. The highest BCUT2D eigenvalue weighted by Gasteiger charge is 2.13. The van der Waals surface area contributed by atoms with E-state index in [2.05, 4.69) is 45.5 Å². The van der Waals surface area contributed by atoms with Gasteiger partial charge in [-0.15, -0.1) is 0 Å². The van der Waals surface area contributed by atoms with Crippen molar-refractivity contribution in [3.8, 4) is 17.3 Å². The van der Waals surface area contributed by atoms with Crippen LogP contribution in [0, 0.1) is 17.2 Å². The van der Waals surface area contributed by atoms with E-state index in [4.69, 9.17) is 9.72 Å². The van der Waals surface area contributed by atoms with Crippen LogP contribution in [0.5, 0.6) is 0 Å². The molecule has 1 aliphatic heterocycles. The van der Waals surface area contributed by atoms with Gasteiger partial charge in [-0.3, -0.25) is 4.79 Å². The molecule has 7 nitrogen and oxygen atoms in total. The van der Waals surface area contributed by atoms with Crippen molar-refractivity contribution in [2.75, 3.05) is 36.5 Å². The number of hydrogen-bond acceptors (Lipinski definition) is 6. The van der Waals surface area contributed by atoms with Crippen molar-refractivity contribution in [3.63, 3.8) is 0 Å². The Kier molecular flexibility index (Phi) is 7.51. The van der Waals surface area contributed by atoms with Gasteiger partial charge in [-0.2, -0.15) is 5.26 Å². The van der Waals surface area contributed by atoms with Crippen molar-refractivity contribution >= 4 is 17.3 Å². The number of nitrogens with zero attached hydrogens (tertiary/aromatic N) is 4. The molecular formula is C27H29N5O2. The molecule has 34 heavy (non-hydrogen) atoms. The van der Waals surface area contributed by atoms with Gasteiger partial charge in [0.25, 0.3) is 0 Å². The second kappa shape index (κ2) is 10.9. The predicted molar refractivity (Wildman–Crippen MR) is 133 cm³/mol. The van der Waals surface area contributed by atoms with Crippen molar-refractivity contribution in [2.45, 2.75) is 26.7 Å². The Morgan fingerprint density at radius 2 is 1.91 bits per heavy atom. The molecular weight excluding hydrogens is 426 g/mol. The standard InChI is InChI=1S/C27H29N5O2/c1-19(2)15-27(33)31-24-8-5-21(17-22(24)18-28)25-9-10-29-26(30-25)16-20-3-6-23(7-4-20)32-11-13-34-14-12-32/h3-10,17,19H,11-16H2,1-2H3,(H,31,33). The summed E-state index contributed by atoms with van der Waals surface area (Å²) in [5, 5.41) is 12.4. The maximum atomic E-state index is 12.1. The minimum atomic E-state index is -0.0942. The summed E-state index contributed by atoms with van der Waals surface area (Å²) in [5.74, 6) is 0.868. The molecule has 2 heterocycles. The van der Waals surface area contributed by atoms with E-state index < -0.39 is 0 Å². The van der Waals surface area contributed by atoms with E-state index >= 15 is 0 Å². The van der Waals surface area contributed by atoms with Gasteiger partial charge in [0, 0.05) is 43.4 Å². The molecule has 0 unspecified atom stereocenters. The largest absolute Gasteiger partial charge is 0.378 e. The SMILES string of the molecule is CC(C)CC(=O)Nc1ccc(-c2ccnc(Cc3ccc(N4CCOCC4)cc3)n2)cc1C#N. The quantitative estimate of drug-likeness (QED) is 0.567. The zero-order chi connectivity index (χ0) is 23.9. The summed E-state index contributed by atoms with van der Waals surface area (Å²) in [7, 11) is 0. The highest BCUT2D eigenvalue weighted by atomic mass is 16.5. The summed E-state index contributed by atoms with van der Waals surface area (Å²) >= 11 is 0. The van der Waals surface area contributed by atoms with Crippen LogP contribution in [0.4, 0.5) is 11.4 Å². The molecule has 1 saturated heterocycles. The number of morpholine rings is 1. The summed E-state index contributed by atoms with van der Waals surface area (Å²) < 4.78 is 5.43. The molecule has 4 rings (SSSR count). The summed E-state index contributed by atoms with van der Waals surface area (Å²) in [6.07, 6.45) is 2.77. The maximum absolute atomic E-state index is 12.1. The fourth-order valence-electron chi connectivity index (χ4n) is 3.95. The van der Waals surface area contributed by atoms with Gasteiger partial charge in [-0.05, 0) is 41.8 Å². The maximum Gasteiger partial charge on any atom is 0.224 e. The van der Waals surface area contributed by atoms with Crippen LogP contribution in [0.1, 0.15) is 37.2 Å². The lowest BCUT2D eigenvalue weighted by atomic mass is 10.1. The van der Waals surface area contributed by atoms with E-state index in [1.165, 1.54) is 5.69 Å². The van der Waals surface area contributed by atoms with Crippen LogP contribution >= 0.6 is 0 Å². The fraction of sp³-hybridized carbons (Fsp3) is 0.333. The Bertz CT molecular complexity index is 1180. The first-order valence-corrected chi connectivity index (χ1v) is 11.6. The van der Waals surface area contributed by atoms with Gasteiger partial charge in [0.05, 0.1) is 30.2 Å². The van der Waals surface area contributed by atoms with Crippen LogP contribution in [0.3, 0.4) is 0 Å². The Hall–Kier alpha value is -3.76. The number of rotatable bonds is 7. The van der Waals surface area contributed by atoms with Crippen LogP contribution in [-0.4, -0.2) is 42.2 Å². The lowest BCUT2D eigenvalue weighted by Gasteiger charge is -2.28. The van der Waals surface area contributed by atoms with Crippen LogP contribution < -0.4 is 10.2 Å². The minimum Gasteiger partial charge on any atom is -0.378 e. The third kappa shape index (κ3) is 5.97. The van der Waals surface area contributed by atoms with E-state index in [0.717, 1.165) is 43.1 Å². The molecule has 0 saturated carbocycles. The molecule has 1 amide bonds. The predicted octanol–water partition coefficient (Wildman–Crippen LogP) is 4.43. The molecule has 174 valence electrons. The molecule has 1 N–H and O–H groups in total. The molecule has 2 aromatic carbocycles. The third-order valence-corrected chi connectivity index (χ3v) is 5.68. The van der Waals surface area contributed by atoms with E-state index in [0.29, 0.717) is 29.9 Å². The fourth-order valence-corrected chi connectivity index (χ4v) is 3.95. The van der Waals surface area contributed by atoms with Crippen molar-refractivity contribution in [2.24, 2.45) is 5.92 Å². The molecule has 3 aromatic rings. The molecule has 0 radical (unpaired) electrons. The summed E-state index contributed by atoms with van der Waals surface area (Å²) in [6, 6.07) is 17.9. The first-order chi connectivity index (χ1) is 16.5. The number of nitrogens with one attached hydrogen (secondary N) is 1. The van der Waals surface area contributed by atoms with Crippen molar-refractivity contribution in [1.82, 2.24) is 9.97 Å². The van der Waals surface area contributed by atoms with Crippen LogP contribution in [0.25, 0.3) is 11.3 Å². The minimum absolute atomic E-state index is 0.0942. The van der Waals surface area contributed by atoms with Crippen LogP contribution in [-0.2, 0) is 16.0 Å². The first-order valence-electron chi connectivity index (χ1n) is 11.6. The van der Waals surface area contributed by atoms with Gasteiger partial charge in [0.2, 0.25) is 5.91 Å². The van der Waals surface area contributed by atoms with Gasteiger partial charge in [-0.25, -0.2) is 9.97 Å². The van der Waals surface area contributed by atoms with E-state index in [1.54, 1.807) is 18.3 Å². The molecule has 0 atom stereocenters. The molecule has 0 aliphatic carbocycles. The smallest absolute Gasteiger partial charge is 0.224 e. The zero-order valence-electron chi connectivity index (χ0n) is 19.6. The Morgan fingerprint density at radius 3 is 2.62 bits per heavy atom. The Morgan fingerprint density at radius 1 is 1.15 bits per heavy atom. The Labute approximate surface area is 200 Å². The number of carbonyl (C=O) groups is 1. The van der Waals surface area contributed by atoms with Gasteiger partial charge >= 0.3 is 0 Å². The average molecular weight is 456 g/mol. The number of hydrogen-bond donors (Lipinski definition) is 1. The van der Waals surface area contributed by atoms with Gasteiger partial charge < -0.3 is 15.0 Å². The second-order valence-electron chi connectivity index (χ2n) is 8.82. The van der Waals surface area contributed by atoms with Crippen LogP contribution in [0.2, 0.25) is 0 Å². The number of carbonyl (C=O) groups excluding carboxylic acids is 1. The zero-order valence-corrected chi connectivity index (χ0v) is 19.6. The van der Waals surface area contributed by atoms with Crippen molar-refractivity contribution in [3.05, 3.63) is 71.7 Å². The first kappa shape index (κ1) is 23.4. The van der Waals surface area contributed by atoms with Gasteiger partial charge in [0.15, 0.2) is 0 Å². The van der Waals surface area contributed by atoms with Gasteiger partial charge in [0.1, 0.15) is 11.9 Å². The summed E-state index contributed by atoms with van der Waals surface area (Å²) in [6.45, 7) is 7.32. The second-order valence-corrected chi connectivity index (χ2v) is 8.82. The molecule has 1 aliphatic rings. The Balaban J connectivity index is 1.47.